The molecule has 1 unspecified atom stereocenters. The van der Waals surface area contributed by atoms with E-state index in [4.69, 9.17) is 4.42 Å². The van der Waals surface area contributed by atoms with Crippen molar-refractivity contribution >= 4 is 28.5 Å². The monoisotopic (exact) mass is 453 g/mol. The molecule has 3 aromatic rings. The van der Waals surface area contributed by atoms with Gasteiger partial charge in [-0.05, 0) is 63.0 Å². The molecule has 1 amide bonds. The molecule has 1 aliphatic rings. The van der Waals surface area contributed by atoms with Crippen LogP contribution in [-0.4, -0.2) is 58.3 Å². The maximum absolute atomic E-state index is 14.0. The number of rotatable bonds is 6. The Balaban J connectivity index is 1.84. The zero-order valence-electron chi connectivity index (χ0n) is 18.5. The zero-order chi connectivity index (χ0) is 23.9. The van der Waals surface area contributed by atoms with E-state index in [0.29, 0.717) is 24.0 Å². The van der Waals surface area contributed by atoms with Gasteiger partial charge in [-0.2, -0.15) is 0 Å². The SMILES string of the molecule is CN(C)CCCN1C(=O)C(=O)C(=C(O)c2ccc3c(c2)oc(=O)n3C)C1c1cccc(F)c1. The van der Waals surface area contributed by atoms with Crippen LogP contribution in [0.4, 0.5) is 4.39 Å². The molecule has 2 heterocycles. The molecule has 0 bridgehead atoms. The Labute approximate surface area is 189 Å². The summed E-state index contributed by atoms with van der Waals surface area (Å²) in [5.74, 6) is -3.09. The highest BCUT2D eigenvalue weighted by atomic mass is 19.1. The first kappa shape index (κ1) is 22.5. The van der Waals surface area contributed by atoms with Crippen LogP contribution in [-0.2, 0) is 16.6 Å². The maximum atomic E-state index is 14.0. The quantitative estimate of drug-likeness (QED) is 0.350. The second-order valence-electron chi connectivity index (χ2n) is 8.31. The van der Waals surface area contributed by atoms with Gasteiger partial charge in [0.05, 0.1) is 17.1 Å². The smallest absolute Gasteiger partial charge is 0.419 e. The van der Waals surface area contributed by atoms with Crippen molar-refractivity contribution < 1.29 is 23.5 Å². The summed E-state index contributed by atoms with van der Waals surface area (Å²) in [6, 6.07) is 9.25. The highest BCUT2D eigenvalue weighted by molar-refractivity contribution is 6.46. The number of aryl methyl sites for hydroxylation is 1. The molecule has 0 aliphatic carbocycles. The summed E-state index contributed by atoms with van der Waals surface area (Å²) in [6.45, 7) is 0.940. The van der Waals surface area contributed by atoms with Crippen molar-refractivity contribution in [2.45, 2.75) is 12.5 Å². The molecule has 1 atom stereocenters. The summed E-state index contributed by atoms with van der Waals surface area (Å²) < 4.78 is 20.5. The van der Waals surface area contributed by atoms with Crippen molar-refractivity contribution in [3.8, 4) is 0 Å². The second-order valence-corrected chi connectivity index (χ2v) is 8.31. The minimum absolute atomic E-state index is 0.131. The number of hydrogen-bond donors (Lipinski definition) is 1. The molecule has 1 aromatic heterocycles. The summed E-state index contributed by atoms with van der Waals surface area (Å²) in [7, 11) is 5.35. The number of aliphatic hydroxyl groups is 1. The van der Waals surface area contributed by atoms with Gasteiger partial charge in [0.1, 0.15) is 11.6 Å². The molecule has 2 aromatic carbocycles. The van der Waals surface area contributed by atoms with E-state index in [-0.39, 0.29) is 23.3 Å². The number of ketones is 1. The van der Waals surface area contributed by atoms with Crippen LogP contribution in [0.1, 0.15) is 23.6 Å². The fourth-order valence-corrected chi connectivity index (χ4v) is 4.13. The lowest BCUT2D eigenvalue weighted by atomic mass is 9.95. The van der Waals surface area contributed by atoms with Crippen molar-refractivity contribution in [2.24, 2.45) is 7.05 Å². The second kappa shape index (κ2) is 8.67. The lowest BCUT2D eigenvalue weighted by molar-refractivity contribution is -0.139. The third-order valence-electron chi connectivity index (χ3n) is 5.77. The van der Waals surface area contributed by atoms with Crippen LogP contribution in [0, 0.1) is 5.82 Å². The molecular formula is C24H24FN3O5. The number of benzene rings is 2. The molecule has 0 radical (unpaired) electrons. The van der Waals surface area contributed by atoms with E-state index in [0.717, 1.165) is 0 Å². The Morgan fingerprint density at radius 2 is 1.91 bits per heavy atom. The predicted octanol–water partition coefficient (Wildman–Crippen LogP) is 2.64. The first-order chi connectivity index (χ1) is 15.7. The molecule has 0 spiro atoms. The molecule has 8 nitrogen and oxygen atoms in total. The van der Waals surface area contributed by atoms with Crippen LogP contribution in [0.5, 0.6) is 0 Å². The number of aromatic nitrogens is 1. The molecule has 4 rings (SSSR count). The lowest BCUT2D eigenvalue weighted by Gasteiger charge is -2.26. The van der Waals surface area contributed by atoms with Crippen LogP contribution < -0.4 is 5.76 Å². The number of oxazole rings is 1. The Morgan fingerprint density at radius 3 is 2.61 bits per heavy atom. The van der Waals surface area contributed by atoms with E-state index in [1.54, 1.807) is 19.2 Å². The molecule has 1 fully saturated rings. The van der Waals surface area contributed by atoms with Crippen LogP contribution in [0.3, 0.4) is 0 Å². The van der Waals surface area contributed by atoms with Gasteiger partial charge in [0, 0.05) is 19.2 Å². The molecule has 172 valence electrons. The zero-order valence-corrected chi connectivity index (χ0v) is 18.5. The summed E-state index contributed by atoms with van der Waals surface area (Å²) in [5, 5.41) is 11.1. The van der Waals surface area contributed by atoms with Gasteiger partial charge >= 0.3 is 5.76 Å². The lowest BCUT2D eigenvalue weighted by Crippen LogP contribution is -2.32. The molecule has 1 saturated heterocycles. The number of hydrogen-bond acceptors (Lipinski definition) is 6. The van der Waals surface area contributed by atoms with E-state index in [2.05, 4.69) is 0 Å². The van der Waals surface area contributed by atoms with Crippen molar-refractivity contribution in [2.75, 3.05) is 27.2 Å². The van der Waals surface area contributed by atoms with Crippen molar-refractivity contribution in [3.63, 3.8) is 0 Å². The van der Waals surface area contributed by atoms with Gasteiger partial charge in [-0.25, -0.2) is 9.18 Å². The number of halogens is 1. The standard InChI is InChI=1S/C24H24FN3O5/c1-26(2)10-5-11-28-20(14-6-4-7-16(25)12-14)19(22(30)23(28)31)21(29)15-8-9-17-18(13-15)33-24(32)27(17)3/h4,6-9,12-13,20,29H,5,10-11H2,1-3H3. The summed E-state index contributed by atoms with van der Waals surface area (Å²) in [5.41, 5.74) is 1.21. The number of aliphatic hydroxyl groups excluding tert-OH is 1. The topological polar surface area (TPSA) is 96.0 Å². The van der Waals surface area contributed by atoms with Crippen molar-refractivity contribution in [1.29, 1.82) is 0 Å². The van der Waals surface area contributed by atoms with E-state index in [1.807, 2.05) is 19.0 Å². The van der Waals surface area contributed by atoms with Crippen LogP contribution in [0.15, 0.2) is 57.2 Å². The van der Waals surface area contributed by atoms with Crippen molar-refractivity contribution in [3.05, 3.63) is 75.5 Å². The first-order valence-corrected chi connectivity index (χ1v) is 10.5. The predicted molar refractivity (Wildman–Crippen MR) is 120 cm³/mol. The molecule has 0 saturated carbocycles. The fourth-order valence-electron chi connectivity index (χ4n) is 4.13. The van der Waals surface area contributed by atoms with Crippen LogP contribution >= 0.6 is 0 Å². The largest absolute Gasteiger partial charge is 0.507 e. The summed E-state index contributed by atoms with van der Waals surface area (Å²) in [4.78, 5) is 41.1. The third kappa shape index (κ3) is 4.07. The number of carbonyl (C=O) groups excluding carboxylic acids is 2. The van der Waals surface area contributed by atoms with Crippen LogP contribution in [0.2, 0.25) is 0 Å². The fraction of sp³-hybridized carbons (Fsp3) is 0.292. The van der Waals surface area contributed by atoms with Gasteiger partial charge in [-0.1, -0.05) is 12.1 Å². The Bertz CT molecular complexity index is 1340. The number of fused-ring (bicyclic) bond motifs is 1. The van der Waals surface area contributed by atoms with Gasteiger partial charge in [0.2, 0.25) is 0 Å². The van der Waals surface area contributed by atoms with E-state index in [9.17, 15) is 23.9 Å². The molecule has 33 heavy (non-hydrogen) atoms. The molecule has 1 N–H and O–H groups in total. The van der Waals surface area contributed by atoms with Gasteiger partial charge in [0.25, 0.3) is 11.7 Å². The Hall–Kier alpha value is -3.72. The van der Waals surface area contributed by atoms with E-state index >= 15 is 0 Å². The highest BCUT2D eigenvalue weighted by Crippen LogP contribution is 2.39. The van der Waals surface area contributed by atoms with E-state index < -0.39 is 35.1 Å². The molecular weight excluding hydrogens is 429 g/mol. The van der Waals surface area contributed by atoms with E-state index in [1.165, 1.54) is 39.8 Å². The normalized spacial score (nSPS) is 18.1. The maximum Gasteiger partial charge on any atom is 0.419 e. The van der Waals surface area contributed by atoms with Gasteiger partial charge < -0.3 is 19.3 Å². The van der Waals surface area contributed by atoms with Crippen molar-refractivity contribution in [1.82, 2.24) is 14.4 Å². The number of carbonyl (C=O) groups is 2. The molecule has 9 heteroatoms. The molecule has 1 aliphatic heterocycles. The van der Waals surface area contributed by atoms with Crippen LogP contribution in [0.25, 0.3) is 16.9 Å². The number of nitrogens with zero attached hydrogens (tertiary/aromatic N) is 3. The number of Topliss-reactive ketones (excluding diaryl/α,β-unsaturated/α-hetero) is 1. The Morgan fingerprint density at radius 1 is 1.15 bits per heavy atom. The minimum Gasteiger partial charge on any atom is -0.507 e. The first-order valence-electron chi connectivity index (χ1n) is 10.5. The minimum atomic E-state index is -0.943. The number of likely N-dealkylation sites (tertiary alicyclic amines) is 1. The average Bonchev–Trinajstić information content (AvgIpc) is 3.20. The summed E-state index contributed by atoms with van der Waals surface area (Å²) in [6.07, 6.45) is 0.590. The summed E-state index contributed by atoms with van der Waals surface area (Å²) >= 11 is 0. The third-order valence-corrected chi connectivity index (χ3v) is 5.77. The average molecular weight is 453 g/mol. The van der Waals surface area contributed by atoms with Gasteiger partial charge in [-0.15, -0.1) is 0 Å². The highest BCUT2D eigenvalue weighted by Gasteiger charge is 2.45. The Kier molecular flexibility index (Phi) is 5.90. The number of amides is 1. The van der Waals surface area contributed by atoms with Gasteiger partial charge in [-0.3, -0.25) is 14.2 Å². The van der Waals surface area contributed by atoms with Gasteiger partial charge in [0.15, 0.2) is 5.58 Å².